The smallest absolute Gasteiger partial charge is 0.133 e. The maximum Gasteiger partial charge on any atom is 0.133 e. The Morgan fingerprint density at radius 1 is 1.41 bits per heavy atom. The maximum atomic E-state index is 9.52. The Hall–Kier alpha value is -1.42. The van der Waals surface area contributed by atoms with Gasteiger partial charge in [0, 0.05) is 23.4 Å². The first-order chi connectivity index (χ1) is 8.20. The molecule has 2 N–H and O–H groups in total. The van der Waals surface area contributed by atoms with Gasteiger partial charge in [0.25, 0.3) is 0 Å². The second kappa shape index (κ2) is 5.27. The lowest BCUT2D eigenvalue weighted by Crippen LogP contribution is -2.13. The maximum absolute atomic E-state index is 9.52. The second-order valence-electron chi connectivity index (χ2n) is 3.99. The number of thioether (sulfide) groups is 1. The summed E-state index contributed by atoms with van der Waals surface area (Å²) in [5, 5.41) is 15.4. The van der Waals surface area contributed by atoms with Crippen LogP contribution in [0, 0.1) is 0 Å². The molecule has 1 heterocycles. The van der Waals surface area contributed by atoms with E-state index in [9.17, 15) is 5.11 Å². The molecule has 17 heavy (non-hydrogen) atoms. The van der Waals surface area contributed by atoms with Crippen molar-refractivity contribution >= 4 is 28.4 Å². The summed E-state index contributed by atoms with van der Waals surface area (Å²) in [5.74, 6) is 1.10. The van der Waals surface area contributed by atoms with Crippen molar-refractivity contribution in [2.45, 2.75) is 12.2 Å². The largest absolute Gasteiger partial charge is 0.508 e. The van der Waals surface area contributed by atoms with Gasteiger partial charge in [-0.2, -0.15) is 11.8 Å². The average Bonchev–Trinajstić information content (AvgIpc) is 2.35. The zero-order chi connectivity index (χ0) is 12.3. The SMILES string of the molecule is CSC(C)CNc1nccc2ccc(O)cc12. The number of fused-ring (bicyclic) bond motifs is 1. The molecule has 0 spiro atoms. The molecule has 0 amide bonds. The van der Waals surface area contributed by atoms with Crippen LogP contribution in [-0.4, -0.2) is 28.1 Å². The summed E-state index contributed by atoms with van der Waals surface area (Å²) in [7, 11) is 0. The standard InChI is InChI=1S/C13H16N2OS/c1-9(17-2)8-15-13-12-7-11(16)4-3-10(12)5-6-14-13/h3-7,9,16H,8H2,1-2H3,(H,14,15). The predicted molar refractivity (Wildman–Crippen MR) is 74.9 cm³/mol. The van der Waals surface area contributed by atoms with Crippen LogP contribution in [0.15, 0.2) is 30.5 Å². The van der Waals surface area contributed by atoms with Crippen molar-refractivity contribution in [3.05, 3.63) is 30.5 Å². The molecule has 1 atom stereocenters. The fraction of sp³-hybridized carbons (Fsp3) is 0.308. The van der Waals surface area contributed by atoms with Gasteiger partial charge < -0.3 is 10.4 Å². The van der Waals surface area contributed by atoms with Gasteiger partial charge in [0.1, 0.15) is 11.6 Å². The van der Waals surface area contributed by atoms with Crippen LogP contribution in [-0.2, 0) is 0 Å². The Balaban J connectivity index is 2.30. The van der Waals surface area contributed by atoms with Crippen LogP contribution in [0.25, 0.3) is 10.8 Å². The second-order valence-corrected chi connectivity index (χ2v) is 5.27. The highest BCUT2D eigenvalue weighted by Gasteiger charge is 2.05. The number of nitrogens with zero attached hydrogens (tertiary/aromatic N) is 1. The lowest BCUT2D eigenvalue weighted by atomic mass is 10.1. The van der Waals surface area contributed by atoms with Crippen LogP contribution in [0.3, 0.4) is 0 Å². The molecule has 2 aromatic rings. The number of phenols is 1. The molecule has 0 bridgehead atoms. The molecule has 3 nitrogen and oxygen atoms in total. The first kappa shape index (κ1) is 12.0. The Morgan fingerprint density at radius 2 is 2.24 bits per heavy atom. The minimum atomic E-state index is 0.270. The number of phenolic OH excluding ortho intramolecular Hbond substituents is 1. The van der Waals surface area contributed by atoms with E-state index in [2.05, 4.69) is 23.5 Å². The zero-order valence-corrected chi connectivity index (χ0v) is 10.8. The van der Waals surface area contributed by atoms with Crippen molar-refractivity contribution in [1.29, 1.82) is 0 Å². The summed E-state index contributed by atoms with van der Waals surface area (Å²) in [6.45, 7) is 3.03. The Morgan fingerprint density at radius 3 is 3.00 bits per heavy atom. The van der Waals surface area contributed by atoms with Gasteiger partial charge >= 0.3 is 0 Å². The van der Waals surface area contributed by atoms with Crippen LogP contribution in [0.5, 0.6) is 5.75 Å². The quantitative estimate of drug-likeness (QED) is 0.872. The van der Waals surface area contributed by atoms with E-state index in [1.807, 2.05) is 23.9 Å². The van der Waals surface area contributed by atoms with E-state index >= 15 is 0 Å². The number of aromatic hydroxyl groups is 1. The molecule has 1 aromatic heterocycles. The van der Waals surface area contributed by atoms with E-state index in [0.29, 0.717) is 5.25 Å². The van der Waals surface area contributed by atoms with Crippen molar-refractivity contribution in [2.24, 2.45) is 0 Å². The number of hydrogen-bond acceptors (Lipinski definition) is 4. The summed E-state index contributed by atoms with van der Waals surface area (Å²) in [5.41, 5.74) is 0. The third kappa shape index (κ3) is 2.82. The summed E-state index contributed by atoms with van der Waals surface area (Å²) < 4.78 is 0. The van der Waals surface area contributed by atoms with Crippen LogP contribution < -0.4 is 5.32 Å². The number of pyridine rings is 1. The summed E-state index contributed by atoms with van der Waals surface area (Å²) in [6.07, 6.45) is 3.88. The van der Waals surface area contributed by atoms with Gasteiger partial charge in [0.05, 0.1) is 0 Å². The number of hydrogen-bond donors (Lipinski definition) is 2. The van der Waals surface area contributed by atoms with Gasteiger partial charge in [-0.1, -0.05) is 13.0 Å². The van der Waals surface area contributed by atoms with E-state index in [-0.39, 0.29) is 5.75 Å². The molecule has 4 heteroatoms. The first-order valence-electron chi connectivity index (χ1n) is 5.55. The van der Waals surface area contributed by atoms with Gasteiger partial charge in [-0.05, 0) is 29.8 Å². The monoisotopic (exact) mass is 248 g/mol. The molecule has 0 aliphatic heterocycles. The van der Waals surface area contributed by atoms with Gasteiger partial charge in [-0.25, -0.2) is 4.98 Å². The molecular weight excluding hydrogens is 232 g/mol. The Kier molecular flexibility index (Phi) is 3.74. The molecule has 0 radical (unpaired) electrons. The fourth-order valence-electron chi connectivity index (χ4n) is 1.62. The molecule has 90 valence electrons. The molecule has 0 fully saturated rings. The van der Waals surface area contributed by atoms with E-state index in [1.165, 1.54) is 0 Å². The van der Waals surface area contributed by atoms with E-state index in [0.717, 1.165) is 23.1 Å². The molecular formula is C13H16N2OS. The van der Waals surface area contributed by atoms with Gasteiger partial charge in [-0.3, -0.25) is 0 Å². The highest BCUT2D eigenvalue weighted by Crippen LogP contribution is 2.25. The van der Waals surface area contributed by atoms with Crippen LogP contribution in [0.1, 0.15) is 6.92 Å². The minimum Gasteiger partial charge on any atom is -0.508 e. The van der Waals surface area contributed by atoms with Crippen molar-refractivity contribution in [3.8, 4) is 5.75 Å². The highest BCUT2D eigenvalue weighted by molar-refractivity contribution is 7.99. The van der Waals surface area contributed by atoms with Gasteiger partial charge in [-0.15, -0.1) is 0 Å². The minimum absolute atomic E-state index is 0.270. The molecule has 0 saturated heterocycles. The number of aromatic nitrogens is 1. The topological polar surface area (TPSA) is 45.2 Å². The summed E-state index contributed by atoms with van der Waals surface area (Å²) in [4.78, 5) is 4.32. The van der Waals surface area contributed by atoms with Crippen molar-refractivity contribution in [1.82, 2.24) is 4.98 Å². The third-order valence-electron chi connectivity index (χ3n) is 2.71. The first-order valence-corrected chi connectivity index (χ1v) is 6.84. The molecule has 0 saturated carbocycles. The number of rotatable bonds is 4. The highest BCUT2D eigenvalue weighted by atomic mass is 32.2. The van der Waals surface area contributed by atoms with Crippen LogP contribution in [0.4, 0.5) is 5.82 Å². The average molecular weight is 248 g/mol. The number of nitrogens with one attached hydrogen (secondary N) is 1. The molecule has 1 aromatic carbocycles. The van der Waals surface area contributed by atoms with Crippen LogP contribution in [0.2, 0.25) is 0 Å². The molecule has 0 aliphatic carbocycles. The van der Waals surface area contributed by atoms with Gasteiger partial charge in [0.2, 0.25) is 0 Å². The fourth-order valence-corrected chi connectivity index (χ4v) is 1.87. The number of anilines is 1. The number of benzene rings is 1. The molecule has 1 unspecified atom stereocenters. The van der Waals surface area contributed by atoms with Gasteiger partial charge in [0.15, 0.2) is 0 Å². The molecule has 0 aliphatic rings. The van der Waals surface area contributed by atoms with Crippen LogP contribution >= 0.6 is 11.8 Å². The lowest BCUT2D eigenvalue weighted by Gasteiger charge is -2.12. The summed E-state index contributed by atoms with van der Waals surface area (Å²) >= 11 is 1.81. The zero-order valence-electron chi connectivity index (χ0n) is 9.97. The van der Waals surface area contributed by atoms with E-state index in [4.69, 9.17) is 0 Å². The summed E-state index contributed by atoms with van der Waals surface area (Å²) in [6, 6.07) is 7.28. The lowest BCUT2D eigenvalue weighted by molar-refractivity contribution is 0.476. The van der Waals surface area contributed by atoms with E-state index < -0.39 is 0 Å². The Bertz CT molecular complexity index is 516. The Labute approximate surface area is 105 Å². The van der Waals surface area contributed by atoms with Crippen molar-refractivity contribution in [2.75, 3.05) is 18.1 Å². The van der Waals surface area contributed by atoms with E-state index in [1.54, 1.807) is 18.3 Å². The molecule has 2 rings (SSSR count). The van der Waals surface area contributed by atoms with Crippen molar-refractivity contribution in [3.63, 3.8) is 0 Å². The normalized spacial score (nSPS) is 12.6. The van der Waals surface area contributed by atoms with Crippen molar-refractivity contribution < 1.29 is 5.11 Å². The predicted octanol–water partition coefficient (Wildman–Crippen LogP) is 3.10. The third-order valence-corrected chi connectivity index (χ3v) is 3.68.